The summed E-state index contributed by atoms with van der Waals surface area (Å²) in [7, 11) is 1.56. The molecule has 3 aromatic rings. The van der Waals surface area contributed by atoms with Crippen LogP contribution >= 0.6 is 11.6 Å². The Bertz CT molecular complexity index is 1280. The van der Waals surface area contributed by atoms with Crippen molar-refractivity contribution in [1.82, 2.24) is 15.3 Å². The molecule has 1 aromatic carbocycles. The van der Waals surface area contributed by atoms with Gasteiger partial charge in [-0.25, -0.2) is 9.37 Å². The first kappa shape index (κ1) is 23.7. The van der Waals surface area contributed by atoms with Crippen LogP contribution in [0.2, 0.25) is 5.02 Å². The molecule has 2 saturated heterocycles. The van der Waals surface area contributed by atoms with E-state index in [1.165, 1.54) is 6.20 Å². The van der Waals surface area contributed by atoms with Crippen LogP contribution in [-0.2, 0) is 17.7 Å². The van der Waals surface area contributed by atoms with E-state index in [2.05, 4.69) is 15.3 Å². The van der Waals surface area contributed by atoms with E-state index in [0.717, 1.165) is 37.7 Å². The number of aryl methyl sites for hydroxylation is 1. The van der Waals surface area contributed by atoms with Gasteiger partial charge >= 0.3 is 0 Å². The number of methoxy groups -OCH3 is 1. The molecule has 7 rings (SSSR count). The maximum absolute atomic E-state index is 14.8. The van der Waals surface area contributed by atoms with Crippen molar-refractivity contribution in [2.24, 2.45) is 0 Å². The number of pyridine rings is 2. The normalized spacial score (nSPS) is 24.8. The first-order valence-corrected chi connectivity index (χ1v) is 12.8. The van der Waals surface area contributed by atoms with Gasteiger partial charge in [-0.05, 0) is 62.3 Å². The van der Waals surface area contributed by atoms with Crippen molar-refractivity contribution in [1.29, 1.82) is 0 Å². The van der Waals surface area contributed by atoms with Gasteiger partial charge in [0.25, 0.3) is 0 Å². The molecule has 0 unspecified atom stereocenters. The summed E-state index contributed by atoms with van der Waals surface area (Å²) in [5, 5.41) is 4.31. The van der Waals surface area contributed by atoms with Crippen LogP contribution in [0.25, 0.3) is 11.0 Å². The molecule has 0 amide bonds. The molecule has 1 aliphatic carbocycles. The Morgan fingerprint density at radius 2 is 1.97 bits per heavy atom. The van der Waals surface area contributed by atoms with Crippen LogP contribution in [0.1, 0.15) is 43.2 Å². The third-order valence-corrected chi connectivity index (χ3v) is 8.16. The lowest BCUT2D eigenvalue weighted by molar-refractivity contribution is -0.165. The SMILES string of the molecule is COc1ccc2ncc(F)c(CCC34CCC(NCc5cc(Cl)c6c(c5)OCCO6)(CC3)CO4)c2n1. The van der Waals surface area contributed by atoms with Gasteiger partial charge in [0.05, 0.1) is 41.6 Å². The van der Waals surface area contributed by atoms with Crippen molar-refractivity contribution < 1.29 is 23.3 Å². The third-order valence-electron chi connectivity index (χ3n) is 7.88. The van der Waals surface area contributed by atoms with Gasteiger partial charge in [-0.3, -0.25) is 4.98 Å². The number of hydrogen-bond donors (Lipinski definition) is 1. The summed E-state index contributed by atoms with van der Waals surface area (Å²) in [4.78, 5) is 8.66. The number of nitrogens with zero attached hydrogens (tertiary/aromatic N) is 2. The van der Waals surface area contributed by atoms with Gasteiger partial charge in [-0.2, -0.15) is 0 Å². The number of rotatable bonds is 7. The first-order chi connectivity index (χ1) is 17.5. The van der Waals surface area contributed by atoms with Gasteiger partial charge in [0.15, 0.2) is 11.5 Å². The van der Waals surface area contributed by atoms with E-state index >= 15 is 0 Å². The molecule has 36 heavy (non-hydrogen) atoms. The highest BCUT2D eigenvalue weighted by molar-refractivity contribution is 6.32. The maximum Gasteiger partial charge on any atom is 0.213 e. The fraction of sp³-hybridized carbons (Fsp3) is 0.481. The molecular formula is C27H29ClFN3O4. The standard InChI is InChI=1S/C27H29ClFN3O4/c1-33-23-3-2-21-24(32-23)18(20(29)15-30-21)4-5-27-8-6-26(7-9-27,16-36-27)31-14-17-12-19(28)25-22(13-17)34-10-11-35-25/h2-3,12-13,15,31H,4-11,14,16H2,1H3. The Balaban J connectivity index is 1.11. The molecule has 1 saturated carbocycles. The van der Waals surface area contributed by atoms with Gasteiger partial charge in [-0.15, -0.1) is 0 Å². The summed E-state index contributed by atoms with van der Waals surface area (Å²) in [6.07, 6.45) is 6.46. The monoisotopic (exact) mass is 513 g/mol. The third kappa shape index (κ3) is 4.35. The zero-order chi connectivity index (χ0) is 24.8. The Morgan fingerprint density at radius 1 is 1.14 bits per heavy atom. The average Bonchev–Trinajstić information content (AvgIpc) is 2.92. The number of benzene rings is 1. The van der Waals surface area contributed by atoms with E-state index in [4.69, 9.17) is 30.5 Å². The number of hydrogen-bond acceptors (Lipinski definition) is 7. The highest BCUT2D eigenvalue weighted by Crippen LogP contribution is 2.46. The van der Waals surface area contributed by atoms with E-state index in [9.17, 15) is 4.39 Å². The largest absolute Gasteiger partial charge is 0.486 e. The Labute approximate surface area is 214 Å². The quantitative estimate of drug-likeness (QED) is 0.476. The molecule has 4 aliphatic rings. The van der Waals surface area contributed by atoms with Crippen LogP contribution in [0.5, 0.6) is 17.4 Å². The van der Waals surface area contributed by atoms with Crippen molar-refractivity contribution in [2.45, 2.75) is 56.2 Å². The molecule has 2 aromatic heterocycles. The topological polar surface area (TPSA) is 74.7 Å². The molecule has 190 valence electrons. The lowest BCUT2D eigenvalue weighted by Crippen LogP contribution is -2.61. The number of halogens is 2. The maximum atomic E-state index is 14.8. The molecule has 0 radical (unpaired) electrons. The van der Waals surface area contributed by atoms with E-state index in [1.54, 1.807) is 13.2 Å². The minimum Gasteiger partial charge on any atom is -0.486 e. The second-order valence-electron chi connectivity index (χ2n) is 10.0. The zero-order valence-corrected chi connectivity index (χ0v) is 21.0. The van der Waals surface area contributed by atoms with Crippen LogP contribution in [-0.4, -0.2) is 48.0 Å². The van der Waals surface area contributed by atoms with Crippen molar-refractivity contribution in [3.05, 3.63) is 52.4 Å². The fourth-order valence-corrected chi connectivity index (χ4v) is 5.94. The molecule has 9 heteroatoms. The summed E-state index contributed by atoms with van der Waals surface area (Å²) >= 11 is 6.41. The number of nitrogens with one attached hydrogen (secondary N) is 1. The Hall–Kier alpha value is -2.68. The molecule has 1 N–H and O–H groups in total. The molecule has 3 fully saturated rings. The molecule has 0 spiro atoms. The van der Waals surface area contributed by atoms with E-state index < -0.39 is 0 Å². The van der Waals surface area contributed by atoms with Crippen LogP contribution < -0.4 is 19.5 Å². The fourth-order valence-electron chi connectivity index (χ4n) is 5.65. The molecular weight excluding hydrogens is 485 g/mol. The van der Waals surface area contributed by atoms with Crippen molar-refractivity contribution >= 4 is 22.6 Å². The smallest absolute Gasteiger partial charge is 0.213 e. The average molecular weight is 514 g/mol. The summed E-state index contributed by atoms with van der Waals surface area (Å²) in [5.41, 5.74) is 2.57. The number of aromatic nitrogens is 2. The minimum absolute atomic E-state index is 0.0645. The highest BCUT2D eigenvalue weighted by atomic mass is 35.5. The van der Waals surface area contributed by atoms with Crippen molar-refractivity contribution in [2.75, 3.05) is 26.9 Å². The van der Waals surface area contributed by atoms with Gasteiger partial charge in [-0.1, -0.05) is 11.6 Å². The van der Waals surface area contributed by atoms with E-state index in [0.29, 0.717) is 71.8 Å². The number of ether oxygens (including phenoxy) is 4. The molecule has 3 aliphatic heterocycles. The predicted octanol–water partition coefficient (Wildman–Crippen LogP) is 5.01. The first-order valence-electron chi connectivity index (χ1n) is 12.4. The van der Waals surface area contributed by atoms with Crippen LogP contribution in [0.3, 0.4) is 0 Å². The van der Waals surface area contributed by atoms with Crippen molar-refractivity contribution in [3.8, 4) is 17.4 Å². The van der Waals surface area contributed by atoms with Crippen LogP contribution in [0.4, 0.5) is 4.39 Å². The van der Waals surface area contributed by atoms with Crippen molar-refractivity contribution in [3.63, 3.8) is 0 Å². The zero-order valence-electron chi connectivity index (χ0n) is 20.2. The van der Waals surface area contributed by atoms with Crippen LogP contribution in [0, 0.1) is 5.82 Å². The van der Waals surface area contributed by atoms with E-state index in [1.807, 2.05) is 18.2 Å². The van der Waals surface area contributed by atoms with Crippen LogP contribution in [0.15, 0.2) is 30.5 Å². The molecule has 2 bridgehead atoms. The predicted molar refractivity (Wildman–Crippen MR) is 134 cm³/mol. The van der Waals surface area contributed by atoms with Gasteiger partial charge in [0.1, 0.15) is 19.0 Å². The second kappa shape index (κ2) is 9.32. The number of fused-ring (bicyclic) bond motifs is 5. The minimum atomic E-state index is -0.333. The summed E-state index contributed by atoms with van der Waals surface area (Å²) in [6.45, 7) is 2.36. The summed E-state index contributed by atoms with van der Waals surface area (Å²) < 4.78 is 37.8. The summed E-state index contributed by atoms with van der Waals surface area (Å²) in [6, 6.07) is 7.49. The Kier molecular flexibility index (Phi) is 6.14. The highest BCUT2D eigenvalue weighted by Gasteiger charge is 2.49. The lowest BCUT2D eigenvalue weighted by Gasteiger charge is -2.53. The molecule has 7 nitrogen and oxygen atoms in total. The van der Waals surface area contributed by atoms with E-state index in [-0.39, 0.29) is 17.0 Å². The second-order valence-corrected chi connectivity index (χ2v) is 10.4. The molecule has 5 heterocycles. The van der Waals surface area contributed by atoms with Gasteiger partial charge in [0, 0.05) is 23.7 Å². The Morgan fingerprint density at radius 3 is 2.75 bits per heavy atom. The summed E-state index contributed by atoms with van der Waals surface area (Å²) in [5.74, 6) is 1.45. The molecule has 0 atom stereocenters. The lowest BCUT2D eigenvalue weighted by atomic mass is 9.69. The van der Waals surface area contributed by atoms with Gasteiger partial charge < -0.3 is 24.3 Å². The van der Waals surface area contributed by atoms with Gasteiger partial charge in [0.2, 0.25) is 5.88 Å².